The molecule has 55 heavy (non-hydrogen) atoms. The van der Waals surface area contributed by atoms with Gasteiger partial charge in [-0.2, -0.15) is 0 Å². The van der Waals surface area contributed by atoms with Crippen molar-refractivity contribution in [1.29, 1.82) is 0 Å². The molecule has 0 saturated heterocycles. The lowest BCUT2D eigenvalue weighted by Crippen LogP contribution is -2.29. The first-order valence-corrected chi connectivity index (χ1v) is 20.2. The van der Waals surface area contributed by atoms with Gasteiger partial charge in [-0.25, -0.2) is 0 Å². The van der Waals surface area contributed by atoms with Crippen molar-refractivity contribution < 1.29 is 4.42 Å². The van der Waals surface area contributed by atoms with Gasteiger partial charge >= 0.3 is 0 Å². The number of allylic oxidation sites excluding steroid dienone is 14. The van der Waals surface area contributed by atoms with Crippen molar-refractivity contribution in [1.82, 2.24) is 4.90 Å². The number of nitrogens with zero attached hydrogens (tertiary/aromatic N) is 1. The first-order valence-electron chi connectivity index (χ1n) is 20.2. The molecule has 272 valence electrons. The van der Waals surface area contributed by atoms with Crippen LogP contribution in [0.1, 0.15) is 87.1 Å². The summed E-state index contributed by atoms with van der Waals surface area (Å²) in [5.74, 6) is 0.787. The van der Waals surface area contributed by atoms with E-state index in [0.29, 0.717) is 11.8 Å². The van der Waals surface area contributed by atoms with Crippen LogP contribution in [0.15, 0.2) is 185 Å². The van der Waals surface area contributed by atoms with E-state index in [0.717, 1.165) is 36.8 Å². The molecule has 5 aliphatic carbocycles. The molecule has 0 bridgehead atoms. The average Bonchev–Trinajstić information content (AvgIpc) is 3.71. The first-order chi connectivity index (χ1) is 26.7. The Morgan fingerprint density at radius 3 is 2.33 bits per heavy atom. The molecule has 0 amide bonds. The second kappa shape index (κ2) is 12.7. The van der Waals surface area contributed by atoms with E-state index in [-0.39, 0.29) is 16.2 Å². The van der Waals surface area contributed by atoms with E-state index in [1.165, 1.54) is 61.3 Å². The summed E-state index contributed by atoms with van der Waals surface area (Å²) >= 11 is 0. The van der Waals surface area contributed by atoms with E-state index >= 15 is 0 Å². The quantitative estimate of drug-likeness (QED) is 0.174. The van der Waals surface area contributed by atoms with Crippen LogP contribution in [0.4, 0.5) is 0 Å². The third kappa shape index (κ3) is 5.52. The zero-order valence-electron chi connectivity index (χ0n) is 32.4. The lowest BCUT2D eigenvalue weighted by Gasteiger charge is -2.38. The number of hydrogen-bond acceptors (Lipinski definition) is 2. The normalized spacial score (nSPS) is 26.3. The van der Waals surface area contributed by atoms with Crippen molar-refractivity contribution in [3.63, 3.8) is 0 Å². The molecule has 2 unspecified atom stereocenters. The van der Waals surface area contributed by atoms with Crippen LogP contribution in [0.5, 0.6) is 0 Å². The van der Waals surface area contributed by atoms with E-state index in [1.54, 1.807) is 0 Å². The van der Waals surface area contributed by atoms with Crippen LogP contribution in [0.2, 0.25) is 0 Å². The van der Waals surface area contributed by atoms with Gasteiger partial charge in [-0.05, 0) is 89.1 Å². The van der Waals surface area contributed by atoms with Gasteiger partial charge in [-0.1, -0.05) is 167 Å². The highest BCUT2D eigenvalue weighted by Gasteiger charge is 2.45. The fourth-order valence-corrected chi connectivity index (χ4v) is 10.2. The monoisotopic (exact) mass is 715 g/mol. The Hall–Kier alpha value is -5.60. The molecular formula is C53H49NO. The highest BCUT2D eigenvalue weighted by Crippen LogP contribution is 2.54. The Morgan fingerprint density at radius 2 is 1.51 bits per heavy atom. The largest absolute Gasteiger partial charge is 0.456 e. The van der Waals surface area contributed by atoms with Gasteiger partial charge in [0, 0.05) is 50.2 Å². The second-order valence-electron chi connectivity index (χ2n) is 17.4. The summed E-state index contributed by atoms with van der Waals surface area (Å²) < 4.78 is 6.54. The zero-order valence-corrected chi connectivity index (χ0v) is 32.4. The van der Waals surface area contributed by atoms with Crippen molar-refractivity contribution in [2.75, 3.05) is 0 Å². The summed E-state index contributed by atoms with van der Waals surface area (Å²) in [6.07, 6.45) is 32.4. The van der Waals surface area contributed by atoms with Crippen molar-refractivity contribution in [3.8, 4) is 0 Å². The Balaban J connectivity index is 1.03. The van der Waals surface area contributed by atoms with Crippen LogP contribution in [0.3, 0.4) is 0 Å². The topological polar surface area (TPSA) is 16.4 Å². The van der Waals surface area contributed by atoms with Crippen molar-refractivity contribution in [2.24, 2.45) is 5.92 Å². The van der Waals surface area contributed by atoms with Gasteiger partial charge in [0.05, 0.1) is 0 Å². The third-order valence-electron chi connectivity index (χ3n) is 13.5. The van der Waals surface area contributed by atoms with Crippen LogP contribution in [-0.2, 0) is 16.2 Å². The number of fused-ring (bicyclic) bond motifs is 6. The molecule has 0 N–H and O–H groups in total. The molecule has 0 fully saturated rings. The van der Waals surface area contributed by atoms with Crippen LogP contribution >= 0.6 is 0 Å². The highest BCUT2D eigenvalue weighted by molar-refractivity contribution is 6.06. The summed E-state index contributed by atoms with van der Waals surface area (Å²) in [4.78, 5) is 2.56. The maximum Gasteiger partial charge on any atom is 0.139 e. The second-order valence-corrected chi connectivity index (χ2v) is 17.4. The van der Waals surface area contributed by atoms with Gasteiger partial charge in [0.2, 0.25) is 0 Å². The molecule has 2 heteroatoms. The Morgan fingerprint density at radius 1 is 0.691 bits per heavy atom. The van der Waals surface area contributed by atoms with E-state index < -0.39 is 0 Å². The zero-order chi connectivity index (χ0) is 37.4. The molecule has 5 aliphatic rings. The van der Waals surface area contributed by atoms with Gasteiger partial charge < -0.3 is 9.32 Å². The van der Waals surface area contributed by atoms with Crippen molar-refractivity contribution in [2.45, 2.75) is 75.5 Å². The smallest absolute Gasteiger partial charge is 0.139 e. The minimum atomic E-state index is -0.197. The third-order valence-corrected chi connectivity index (χ3v) is 13.5. The summed E-state index contributed by atoms with van der Waals surface area (Å²) in [5.41, 5.74) is 14.0. The summed E-state index contributed by atoms with van der Waals surface area (Å²) in [5, 5.41) is 2.37. The van der Waals surface area contributed by atoms with Gasteiger partial charge in [0.15, 0.2) is 0 Å². The van der Waals surface area contributed by atoms with Gasteiger partial charge in [0.25, 0.3) is 0 Å². The molecule has 2 nitrogen and oxygen atoms in total. The minimum Gasteiger partial charge on any atom is -0.456 e. The summed E-state index contributed by atoms with van der Waals surface area (Å²) in [7, 11) is 0. The number of rotatable bonds is 6. The number of benzene rings is 4. The first kappa shape index (κ1) is 33.9. The molecule has 0 radical (unpaired) electrons. The lowest BCUT2D eigenvalue weighted by atomic mass is 9.74. The number of furan rings is 1. The predicted octanol–water partition coefficient (Wildman–Crippen LogP) is 13.7. The maximum absolute atomic E-state index is 6.54. The Labute approximate surface area is 326 Å². The van der Waals surface area contributed by atoms with E-state index in [9.17, 15) is 0 Å². The molecular weight excluding hydrogens is 667 g/mol. The molecule has 0 saturated carbocycles. The number of hydrogen-bond donors (Lipinski definition) is 0. The Bertz CT molecular complexity index is 2630. The van der Waals surface area contributed by atoms with Gasteiger partial charge in [-0.3, -0.25) is 0 Å². The molecule has 4 aromatic carbocycles. The van der Waals surface area contributed by atoms with E-state index in [2.05, 4.69) is 197 Å². The predicted molar refractivity (Wildman–Crippen MR) is 230 cm³/mol. The van der Waals surface area contributed by atoms with Crippen molar-refractivity contribution >= 4 is 27.5 Å². The Kier molecular flexibility index (Phi) is 7.86. The molecule has 1 aromatic heterocycles. The molecule has 1 heterocycles. The van der Waals surface area contributed by atoms with Gasteiger partial charge in [0.1, 0.15) is 11.2 Å². The molecule has 5 aromatic rings. The SMILES string of the molecule is CC1(C)c2ccccc2C2C=C(N(C3=CC[C@](C)(c4cccc5c4oc4ccccc45)C=C3)C3=CC=C(c4cccc([C@]5(C)C=CC=CC5)c4)CC3)C=CC21. The lowest BCUT2D eigenvalue weighted by molar-refractivity contribution is 0.386. The van der Waals surface area contributed by atoms with Crippen LogP contribution in [-0.4, -0.2) is 4.90 Å². The number of para-hydroxylation sites is 2. The highest BCUT2D eigenvalue weighted by atomic mass is 16.3. The molecule has 0 spiro atoms. The summed E-state index contributed by atoms with van der Waals surface area (Å²) in [6, 6.07) is 33.4. The molecule has 10 rings (SSSR count). The van der Waals surface area contributed by atoms with Crippen LogP contribution in [0.25, 0.3) is 27.5 Å². The molecule has 4 atom stereocenters. The van der Waals surface area contributed by atoms with E-state index in [1.807, 2.05) is 0 Å². The average molecular weight is 716 g/mol. The maximum atomic E-state index is 6.54. The molecule has 0 aliphatic heterocycles. The van der Waals surface area contributed by atoms with Crippen molar-refractivity contribution in [3.05, 3.63) is 209 Å². The van der Waals surface area contributed by atoms with Crippen LogP contribution < -0.4 is 0 Å². The summed E-state index contributed by atoms with van der Waals surface area (Å²) in [6.45, 7) is 9.54. The van der Waals surface area contributed by atoms with Gasteiger partial charge in [-0.15, -0.1) is 0 Å². The standard InChI is InChI=1S/C53H49NO/c1-51(2)46-19-8-6-16-42(46)45-35-41(26-27-47(45)51)54(39-24-22-36(23-25-39)37-14-12-15-38(34-37)52(3)30-10-5-11-31-52)40-28-32-53(4,33-29-40)48-20-13-18-44-43-17-7-9-21-49(43)55-50(44)48/h5-22,24,26-30,32,34-35,45,47H,23,25,31,33H2,1-4H3/t45?,47?,52-,53-/m1/s1. The minimum absolute atomic E-state index is 0.0348. The van der Waals surface area contributed by atoms with Crippen LogP contribution in [0, 0.1) is 5.92 Å². The fraction of sp³-hybridized carbons (Fsp3) is 0.245. The fourth-order valence-electron chi connectivity index (χ4n) is 10.2. The van der Waals surface area contributed by atoms with E-state index in [4.69, 9.17) is 4.42 Å².